The molecule has 28 heavy (non-hydrogen) atoms. The van der Waals surface area contributed by atoms with Crippen molar-refractivity contribution in [3.05, 3.63) is 89.7 Å². The lowest BCUT2D eigenvalue weighted by Crippen LogP contribution is -2.40. The zero-order chi connectivity index (χ0) is 19.9. The van der Waals surface area contributed by atoms with Crippen LogP contribution in [-0.4, -0.2) is 33.8 Å². The molecule has 1 heterocycles. The molecule has 0 saturated heterocycles. The van der Waals surface area contributed by atoms with Gasteiger partial charge in [-0.05, 0) is 29.3 Å². The number of carbonyl (C=O) groups excluding carboxylic acids is 1. The minimum absolute atomic E-state index is 0.120. The first-order chi connectivity index (χ1) is 13.6. The number of pyridine rings is 1. The van der Waals surface area contributed by atoms with E-state index >= 15 is 0 Å². The lowest BCUT2D eigenvalue weighted by Gasteiger charge is -2.22. The Balaban J connectivity index is 1.71. The van der Waals surface area contributed by atoms with E-state index < -0.39 is 24.7 Å². The molecule has 1 amide bonds. The number of rotatable bonds is 7. The molecule has 0 aliphatic heterocycles. The van der Waals surface area contributed by atoms with Gasteiger partial charge in [-0.25, -0.2) is 4.39 Å². The van der Waals surface area contributed by atoms with Gasteiger partial charge in [-0.3, -0.25) is 9.78 Å². The van der Waals surface area contributed by atoms with E-state index in [1.165, 1.54) is 0 Å². The molecule has 0 unspecified atom stereocenters. The summed E-state index contributed by atoms with van der Waals surface area (Å²) >= 11 is 0. The topological polar surface area (TPSA) is 82.5 Å². The number of carbonyl (C=O) groups is 1. The fourth-order valence-corrected chi connectivity index (χ4v) is 2.84. The molecule has 3 aromatic rings. The van der Waals surface area contributed by atoms with E-state index in [0.717, 1.165) is 11.1 Å². The van der Waals surface area contributed by atoms with Crippen LogP contribution in [-0.2, 0) is 6.61 Å². The summed E-state index contributed by atoms with van der Waals surface area (Å²) in [6.45, 7) is -1.02. The van der Waals surface area contributed by atoms with Crippen molar-refractivity contribution in [1.82, 2.24) is 10.3 Å². The molecule has 0 fully saturated rings. The van der Waals surface area contributed by atoms with Crippen molar-refractivity contribution >= 4 is 5.91 Å². The maximum Gasteiger partial charge on any atom is 0.251 e. The number of amides is 1. The molecule has 0 saturated carbocycles. The Hall–Kier alpha value is -3.09. The predicted octanol–water partition coefficient (Wildman–Crippen LogP) is 3.04. The van der Waals surface area contributed by atoms with Crippen LogP contribution in [0.15, 0.2) is 72.9 Å². The number of benzene rings is 2. The lowest BCUT2D eigenvalue weighted by molar-refractivity contribution is 0.0792. The SMILES string of the molecule is O=C(N[C@H](CF)[C@H](O)c1ccc(-c2ccc(CO)nc2)cc1)c1ccccc1. The molecule has 0 spiro atoms. The summed E-state index contributed by atoms with van der Waals surface area (Å²) in [5.74, 6) is -0.436. The van der Waals surface area contributed by atoms with Crippen molar-refractivity contribution in [2.24, 2.45) is 0 Å². The zero-order valence-electron chi connectivity index (χ0n) is 15.1. The number of hydrogen-bond donors (Lipinski definition) is 3. The molecule has 1 aromatic heterocycles. The van der Waals surface area contributed by atoms with Gasteiger partial charge in [0.05, 0.1) is 18.3 Å². The minimum atomic E-state index is -1.18. The van der Waals surface area contributed by atoms with Crippen LogP contribution in [0.25, 0.3) is 11.1 Å². The van der Waals surface area contributed by atoms with Crippen LogP contribution in [0.4, 0.5) is 4.39 Å². The van der Waals surface area contributed by atoms with E-state index in [1.54, 1.807) is 66.9 Å². The number of hydrogen-bond acceptors (Lipinski definition) is 4. The lowest BCUT2D eigenvalue weighted by atomic mass is 9.99. The first-order valence-electron chi connectivity index (χ1n) is 8.88. The minimum Gasteiger partial charge on any atom is -0.390 e. The summed E-state index contributed by atoms with van der Waals surface area (Å²) in [5.41, 5.74) is 3.22. The Morgan fingerprint density at radius 3 is 2.25 bits per heavy atom. The third kappa shape index (κ3) is 4.60. The van der Waals surface area contributed by atoms with Gasteiger partial charge in [-0.1, -0.05) is 48.5 Å². The van der Waals surface area contributed by atoms with Crippen molar-refractivity contribution in [3.63, 3.8) is 0 Å². The van der Waals surface area contributed by atoms with E-state index in [4.69, 9.17) is 5.11 Å². The summed E-state index contributed by atoms with van der Waals surface area (Å²) in [5, 5.41) is 22.1. The largest absolute Gasteiger partial charge is 0.390 e. The number of alkyl halides is 1. The molecule has 0 aliphatic rings. The quantitative estimate of drug-likeness (QED) is 0.588. The average molecular weight is 380 g/mol. The van der Waals surface area contributed by atoms with Crippen molar-refractivity contribution in [1.29, 1.82) is 0 Å². The Kier molecular flexibility index (Phi) is 6.47. The third-order valence-corrected chi connectivity index (χ3v) is 4.47. The number of aliphatic hydroxyl groups excluding tert-OH is 2. The highest BCUT2D eigenvalue weighted by atomic mass is 19.1. The Bertz CT molecular complexity index is 899. The van der Waals surface area contributed by atoms with Gasteiger partial charge in [0.15, 0.2) is 0 Å². The fourth-order valence-electron chi connectivity index (χ4n) is 2.84. The molecule has 144 valence electrons. The number of nitrogens with zero attached hydrogens (tertiary/aromatic N) is 1. The van der Waals surface area contributed by atoms with Gasteiger partial charge >= 0.3 is 0 Å². The summed E-state index contributed by atoms with van der Waals surface area (Å²) in [7, 11) is 0. The van der Waals surface area contributed by atoms with Gasteiger partial charge in [0.2, 0.25) is 0 Å². The summed E-state index contributed by atoms with van der Waals surface area (Å²) in [6.07, 6.45) is 0.475. The smallest absolute Gasteiger partial charge is 0.251 e. The van der Waals surface area contributed by atoms with Gasteiger partial charge in [0.1, 0.15) is 12.8 Å². The first-order valence-corrected chi connectivity index (χ1v) is 8.88. The average Bonchev–Trinajstić information content (AvgIpc) is 2.77. The molecule has 2 atom stereocenters. The second kappa shape index (κ2) is 9.21. The maximum atomic E-state index is 13.5. The fraction of sp³-hybridized carbons (Fsp3) is 0.182. The molecule has 6 heteroatoms. The van der Waals surface area contributed by atoms with Crippen molar-refractivity contribution in [2.75, 3.05) is 6.67 Å². The van der Waals surface area contributed by atoms with Gasteiger partial charge in [0.25, 0.3) is 5.91 Å². The van der Waals surface area contributed by atoms with Crippen LogP contribution in [0.2, 0.25) is 0 Å². The van der Waals surface area contributed by atoms with Crippen molar-refractivity contribution in [3.8, 4) is 11.1 Å². The first kappa shape index (κ1) is 19.7. The van der Waals surface area contributed by atoms with Crippen molar-refractivity contribution in [2.45, 2.75) is 18.8 Å². The second-order valence-electron chi connectivity index (χ2n) is 6.36. The molecule has 5 nitrogen and oxygen atoms in total. The van der Waals surface area contributed by atoms with E-state index in [0.29, 0.717) is 16.8 Å². The monoisotopic (exact) mass is 380 g/mol. The highest BCUT2D eigenvalue weighted by molar-refractivity contribution is 5.94. The van der Waals surface area contributed by atoms with Gasteiger partial charge in [-0.2, -0.15) is 0 Å². The van der Waals surface area contributed by atoms with E-state index in [2.05, 4.69) is 10.3 Å². The highest BCUT2D eigenvalue weighted by Gasteiger charge is 2.23. The molecular weight excluding hydrogens is 359 g/mol. The van der Waals surface area contributed by atoms with Crippen LogP contribution in [0.5, 0.6) is 0 Å². The van der Waals surface area contributed by atoms with Crippen LogP contribution in [0.1, 0.15) is 27.7 Å². The highest BCUT2D eigenvalue weighted by Crippen LogP contribution is 2.23. The molecule has 3 rings (SSSR count). The summed E-state index contributed by atoms with van der Waals surface area (Å²) < 4.78 is 13.5. The molecular formula is C22H21FN2O3. The van der Waals surface area contributed by atoms with Crippen LogP contribution < -0.4 is 5.32 Å². The number of halogens is 1. The Labute approximate surface area is 162 Å². The van der Waals surface area contributed by atoms with Gasteiger partial charge < -0.3 is 15.5 Å². The van der Waals surface area contributed by atoms with E-state index in [1.807, 2.05) is 6.07 Å². The second-order valence-corrected chi connectivity index (χ2v) is 6.36. The van der Waals surface area contributed by atoms with Crippen LogP contribution in [0, 0.1) is 0 Å². The molecule has 3 N–H and O–H groups in total. The summed E-state index contributed by atoms with van der Waals surface area (Å²) in [4.78, 5) is 16.4. The predicted molar refractivity (Wildman–Crippen MR) is 104 cm³/mol. The normalized spacial score (nSPS) is 13.0. The summed E-state index contributed by atoms with van der Waals surface area (Å²) in [6, 6.07) is 18.0. The van der Waals surface area contributed by atoms with Gasteiger partial charge in [-0.15, -0.1) is 0 Å². The van der Waals surface area contributed by atoms with Gasteiger partial charge in [0, 0.05) is 17.3 Å². The Morgan fingerprint density at radius 1 is 1.00 bits per heavy atom. The molecule has 0 bridgehead atoms. The Morgan fingerprint density at radius 2 is 1.68 bits per heavy atom. The maximum absolute atomic E-state index is 13.5. The van der Waals surface area contributed by atoms with Crippen LogP contribution in [0.3, 0.4) is 0 Å². The molecule has 0 radical (unpaired) electrons. The number of aromatic nitrogens is 1. The van der Waals surface area contributed by atoms with E-state index in [-0.39, 0.29) is 6.61 Å². The standard InChI is InChI=1S/C22H21FN2O3/c23-12-20(25-22(28)17-4-2-1-3-5-17)21(27)16-8-6-15(7-9-16)18-10-11-19(14-26)24-13-18/h1-11,13,20-21,26-27H,12,14H2,(H,25,28)/t20-,21-/m1/s1. The number of aliphatic hydroxyl groups is 2. The van der Waals surface area contributed by atoms with Crippen molar-refractivity contribution < 1.29 is 19.4 Å². The number of nitrogens with one attached hydrogen (secondary N) is 1. The third-order valence-electron chi connectivity index (χ3n) is 4.47. The van der Waals surface area contributed by atoms with Crippen LogP contribution >= 0.6 is 0 Å². The van der Waals surface area contributed by atoms with E-state index in [9.17, 15) is 14.3 Å². The molecule has 0 aliphatic carbocycles. The zero-order valence-corrected chi connectivity index (χ0v) is 15.1. The molecule has 2 aromatic carbocycles.